The van der Waals surface area contributed by atoms with E-state index in [4.69, 9.17) is 0 Å². The van der Waals surface area contributed by atoms with Gasteiger partial charge in [-0.05, 0) is 6.72 Å². The summed E-state index contributed by atoms with van der Waals surface area (Å²) in [6.45, 7) is 2.69. The summed E-state index contributed by atoms with van der Waals surface area (Å²) in [5.41, 5.74) is -4.70. The Hall–Kier alpha value is -1.68. The van der Waals surface area contributed by atoms with Crippen LogP contribution >= 0.6 is 0 Å². The molecule has 0 aromatic carbocycles. The lowest BCUT2D eigenvalue weighted by molar-refractivity contribution is -0.292. The minimum Gasteiger partial charge on any atom is -0.250 e. The molecule has 0 atom stereocenters. The first kappa shape index (κ1) is 15.4. The molecule has 0 fully saturated rings. The van der Waals surface area contributed by atoms with Crippen LogP contribution in [0.25, 0.3) is 0 Å². The highest BCUT2D eigenvalue weighted by Crippen LogP contribution is 2.49. The summed E-state index contributed by atoms with van der Waals surface area (Å²) in [7, 11) is 0.745. The van der Waals surface area contributed by atoms with Crippen LogP contribution in [0.1, 0.15) is 11.3 Å². The van der Waals surface area contributed by atoms with Gasteiger partial charge in [-0.1, -0.05) is 0 Å². The maximum atomic E-state index is 13.0. The van der Waals surface area contributed by atoms with Crippen molar-refractivity contribution in [1.29, 1.82) is 0 Å². The van der Waals surface area contributed by atoms with Crippen LogP contribution in [-0.2, 0) is 19.1 Å². The minimum atomic E-state index is -6.21. The maximum Gasteiger partial charge on any atom is 0.459 e. The lowest BCUT2D eigenvalue weighted by atomic mass is 10.1. The third-order valence-electron chi connectivity index (χ3n) is 2.10. The van der Waals surface area contributed by atoms with Crippen molar-refractivity contribution in [3.8, 4) is 0 Å². The third-order valence-corrected chi connectivity index (χ3v) is 2.10. The van der Waals surface area contributed by atoms with E-state index >= 15 is 0 Å². The molecule has 108 valence electrons. The Morgan fingerprint density at radius 1 is 1.05 bits per heavy atom. The van der Waals surface area contributed by atoms with Crippen LogP contribution in [0.15, 0.2) is 4.99 Å². The smallest absolute Gasteiger partial charge is 0.250 e. The van der Waals surface area contributed by atoms with Gasteiger partial charge in [0.15, 0.2) is 11.5 Å². The van der Waals surface area contributed by atoms with Gasteiger partial charge in [0.1, 0.15) is 5.56 Å². The molecule has 0 radical (unpaired) electrons. The van der Waals surface area contributed by atoms with Crippen molar-refractivity contribution >= 4 is 12.5 Å². The molecule has 1 rings (SSSR count). The van der Waals surface area contributed by atoms with Crippen LogP contribution in [0.3, 0.4) is 0 Å². The summed E-state index contributed by atoms with van der Waals surface area (Å²) in [5.74, 6) is -6.97. The molecule has 0 saturated carbocycles. The zero-order chi connectivity index (χ0) is 15.2. The van der Waals surface area contributed by atoms with E-state index in [1.807, 2.05) is 0 Å². The van der Waals surface area contributed by atoms with Crippen molar-refractivity contribution in [1.82, 2.24) is 9.78 Å². The molecule has 0 unspecified atom stereocenters. The van der Waals surface area contributed by atoms with Gasteiger partial charge in [-0.2, -0.15) is 40.2 Å². The zero-order valence-corrected chi connectivity index (χ0v) is 9.07. The highest BCUT2D eigenvalue weighted by molar-refractivity contribution is 5.51. The summed E-state index contributed by atoms with van der Waals surface area (Å²) in [4.78, 5) is 2.78. The molecule has 1 aromatic rings. The molecule has 0 aliphatic carbocycles. The number of alkyl halides is 8. The monoisotopic (exact) mass is 295 g/mol. The summed E-state index contributed by atoms with van der Waals surface area (Å²) < 4.78 is 100. The quantitative estimate of drug-likeness (QED) is 0.607. The van der Waals surface area contributed by atoms with Crippen molar-refractivity contribution in [2.24, 2.45) is 12.0 Å². The van der Waals surface area contributed by atoms with E-state index in [2.05, 4.69) is 16.8 Å². The number of halogens is 8. The average Bonchev–Trinajstić information content (AvgIpc) is 2.53. The van der Waals surface area contributed by atoms with E-state index in [9.17, 15) is 35.1 Å². The minimum absolute atomic E-state index is 0.158. The standard InChI is InChI=1S/C8H5F8N3/c1-17-5-3(7(11,12)13)4(18-19(5)2)6(9,10)8(14,15)16/h1H2,2H3. The van der Waals surface area contributed by atoms with Gasteiger partial charge in [-0.25, -0.2) is 9.67 Å². The molecular weight excluding hydrogens is 290 g/mol. The number of aliphatic imine (C=N–C) groups is 1. The molecule has 3 nitrogen and oxygen atoms in total. The molecule has 0 bridgehead atoms. The van der Waals surface area contributed by atoms with Crippen LogP contribution in [-0.4, -0.2) is 22.7 Å². The fourth-order valence-corrected chi connectivity index (χ4v) is 1.31. The van der Waals surface area contributed by atoms with Crippen molar-refractivity contribution in [2.45, 2.75) is 18.3 Å². The third kappa shape index (κ3) is 2.40. The number of aryl methyl sites for hydroxylation is 1. The Balaban J connectivity index is 3.67. The van der Waals surface area contributed by atoms with Gasteiger partial charge in [-0.15, -0.1) is 0 Å². The Morgan fingerprint density at radius 3 is 1.84 bits per heavy atom. The van der Waals surface area contributed by atoms with Crippen LogP contribution in [0, 0.1) is 0 Å². The Labute approximate surface area is 100 Å². The van der Waals surface area contributed by atoms with Crippen molar-refractivity contribution < 1.29 is 35.1 Å². The first-order valence-corrected chi connectivity index (χ1v) is 4.40. The summed E-state index contributed by atoms with van der Waals surface area (Å²) in [6, 6.07) is 0. The second-order valence-corrected chi connectivity index (χ2v) is 3.40. The molecule has 11 heteroatoms. The number of hydrogen-bond acceptors (Lipinski definition) is 2. The first-order chi connectivity index (χ1) is 8.34. The average molecular weight is 295 g/mol. The summed E-state index contributed by atoms with van der Waals surface area (Å²) in [5, 5.41) is 2.58. The molecule has 0 aliphatic rings. The van der Waals surface area contributed by atoms with Gasteiger partial charge in [-0.3, -0.25) is 0 Å². The maximum absolute atomic E-state index is 13.0. The van der Waals surface area contributed by atoms with Gasteiger partial charge in [0.25, 0.3) is 0 Å². The topological polar surface area (TPSA) is 30.2 Å². The largest absolute Gasteiger partial charge is 0.459 e. The Bertz CT molecular complexity index is 495. The highest BCUT2D eigenvalue weighted by atomic mass is 19.4. The fraction of sp³-hybridized carbons (Fsp3) is 0.500. The normalized spacial score (nSPS) is 13.7. The molecule has 0 amide bonds. The molecule has 1 heterocycles. The van der Waals surface area contributed by atoms with E-state index in [0.29, 0.717) is 0 Å². The van der Waals surface area contributed by atoms with E-state index in [1.165, 1.54) is 0 Å². The molecular formula is C8H5F8N3. The highest BCUT2D eigenvalue weighted by Gasteiger charge is 2.64. The van der Waals surface area contributed by atoms with Crippen molar-refractivity contribution in [3.05, 3.63) is 11.3 Å². The Kier molecular flexibility index (Phi) is 3.37. The molecule has 0 saturated heterocycles. The zero-order valence-electron chi connectivity index (χ0n) is 9.07. The number of rotatable bonds is 2. The lowest BCUT2D eigenvalue weighted by Crippen LogP contribution is -2.36. The first-order valence-electron chi connectivity index (χ1n) is 4.40. The summed E-state index contributed by atoms with van der Waals surface area (Å²) in [6.07, 6.45) is -11.7. The van der Waals surface area contributed by atoms with Gasteiger partial charge < -0.3 is 0 Å². The van der Waals surface area contributed by atoms with Gasteiger partial charge in [0.2, 0.25) is 0 Å². The SMILES string of the molecule is C=Nc1c(C(F)(F)F)c(C(F)(F)C(F)(F)F)nn1C. The molecule has 0 aliphatic heterocycles. The van der Waals surface area contributed by atoms with Crippen LogP contribution < -0.4 is 0 Å². The Morgan fingerprint density at radius 2 is 1.53 bits per heavy atom. The van der Waals surface area contributed by atoms with Crippen LogP contribution in [0.2, 0.25) is 0 Å². The van der Waals surface area contributed by atoms with E-state index in [1.54, 1.807) is 0 Å². The lowest BCUT2D eigenvalue weighted by Gasteiger charge is -2.19. The predicted molar refractivity (Wildman–Crippen MR) is 47.4 cm³/mol. The molecule has 19 heavy (non-hydrogen) atoms. The van der Waals surface area contributed by atoms with Gasteiger partial charge in [0, 0.05) is 7.05 Å². The van der Waals surface area contributed by atoms with Crippen molar-refractivity contribution in [3.63, 3.8) is 0 Å². The van der Waals surface area contributed by atoms with Crippen LogP contribution in [0.4, 0.5) is 40.9 Å². The molecule has 0 N–H and O–H groups in total. The number of aromatic nitrogens is 2. The molecule has 0 spiro atoms. The van der Waals surface area contributed by atoms with Gasteiger partial charge in [0.05, 0.1) is 0 Å². The summed E-state index contributed by atoms with van der Waals surface area (Å²) >= 11 is 0. The fourth-order valence-electron chi connectivity index (χ4n) is 1.31. The number of hydrogen-bond donors (Lipinski definition) is 0. The van der Waals surface area contributed by atoms with Crippen LogP contribution in [0.5, 0.6) is 0 Å². The molecule has 1 aromatic heterocycles. The van der Waals surface area contributed by atoms with E-state index < -0.39 is 35.4 Å². The van der Waals surface area contributed by atoms with E-state index in [-0.39, 0.29) is 4.68 Å². The van der Waals surface area contributed by atoms with Crippen molar-refractivity contribution in [2.75, 3.05) is 0 Å². The second-order valence-electron chi connectivity index (χ2n) is 3.40. The predicted octanol–water partition coefficient (Wildman–Crippen LogP) is 3.43. The second kappa shape index (κ2) is 4.17. The number of nitrogens with zero attached hydrogens (tertiary/aromatic N) is 3. The van der Waals surface area contributed by atoms with E-state index in [0.717, 1.165) is 7.05 Å². The van der Waals surface area contributed by atoms with Gasteiger partial charge >= 0.3 is 18.3 Å².